The first kappa shape index (κ1) is 14.6. The number of rotatable bonds is 4. The van der Waals surface area contributed by atoms with Crippen molar-refractivity contribution in [2.75, 3.05) is 18.1 Å². The Hall–Kier alpha value is -1.77. The number of hydrogen-bond donors (Lipinski definition) is 2. The molecule has 1 unspecified atom stereocenters. The van der Waals surface area contributed by atoms with Crippen LogP contribution in [0.4, 0.5) is 4.79 Å². The molecule has 110 valence electrons. The van der Waals surface area contributed by atoms with Crippen molar-refractivity contribution in [3.8, 4) is 0 Å². The van der Waals surface area contributed by atoms with E-state index in [4.69, 9.17) is 9.63 Å². The lowest BCUT2D eigenvalue weighted by Gasteiger charge is -2.34. The van der Waals surface area contributed by atoms with Gasteiger partial charge in [0, 0.05) is 25.0 Å². The highest BCUT2D eigenvalue weighted by Gasteiger charge is 2.28. The van der Waals surface area contributed by atoms with Crippen molar-refractivity contribution in [3.63, 3.8) is 0 Å². The number of nitrogens with one attached hydrogen (secondary N) is 1. The van der Waals surface area contributed by atoms with E-state index in [1.54, 1.807) is 23.6 Å². The number of aliphatic carboxylic acids is 1. The smallest absolute Gasteiger partial charge is 0.318 e. The zero-order chi connectivity index (χ0) is 14.5. The quantitative estimate of drug-likeness (QED) is 0.832. The molecule has 8 nitrogen and oxygen atoms in total. The molecule has 9 heteroatoms. The zero-order valence-electron chi connectivity index (χ0n) is 11.0. The largest absolute Gasteiger partial charge is 0.481 e. The summed E-state index contributed by atoms with van der Waals surface area (Å²) in [5.74, 6) is 1.39. The molecule has 2 rings (SSSR count). The summed E-state index contributed by atoms with van der Waals surface area (Å²) in [6, 6.07) is -0.572. The molecule has 0 bridgehead atoms. The number of carboxylic acids is 1. The number of aryl methyl sites for hydroxylation is 1. The molecule has 1 aromatic heterocycles. The molecule has 1 aliphatic rings. The summed E-state index contributed by atoms with van der Waals surface area (Å²) < 4.78 is 4.81. The second-order valence-electron chi connectivity index (χ2n) is 4.41. The standard InChI is InChI=1S/C11H16N4O4S/c1-7-13-9(14-19-7)5-12-11(18)15-2-3-20-6-8(15)4-10(16)17/h8H,2-6H2,1H3,(H,12,18)(H,16,17). The summed E-state index contributed by atoms with van der Waals surface area (Å²) in [6.07, 6.45) is -0.0399. The van der Waals surface area contributed by atoms with Crippen LogP contribution in [0.1, 0.15) is 18.1 Å². The predicted molar refractivity (Wildman–Crippen MR) is 71.3 cm³/mol. The van der Waals surface area contributed by atoms with Crippen LogP contribution in [0.25, 0.3) is 0 Å². The van der Waals surface area contributed by atoms with Gasteiger partial charge in [0.25, 0.3) is 0 Å². The maximum absolute atomic E-state index is 12.1. The first-order valence-electron chi connectivity index (χ1n) is 6.19. The molecular weight excluding hydrogens is 284 g/mol. The van der Waals surface area contributed by atoms with Gasteiger partial charge in [-0.15, -0.1) is 0 Å². The highest BCUT2D eigenvalue weighted by Crippen LogP contribution is 2.19. The average molecular weight is 300 g/mol. The van der Waals surface area contributed by atoms with Crippen LogP contribution in [-0.2, 0) is 11.3 Å². The Morgan fingerprint density at radius 2 is 2.40 bits per heavy atom. The van der Waals surface area contributed by atoms with E-state index >= 15 is 0 Å². The minimum Gasteiger partial charge on any atom is -0.481 e. The van der Waals surface area contributed by atoms with Gasteiger partial charge >= 0.3 is 12.0 Å². The van der Waals surface area contributed by atoms with Crippen LogP contribution in [0.15, 0.2) is 4.52 Å². The van der Waals surface area contributed by atoms with Crippen molar-refractivity contribution in [1.29, 1.82) is 0 Å². The molecule has 2 N–H and O–H groups in total. The monoisotopic (exact) mass is 300 g/mol. The number of aromatic nitrogens is 2. The van der Waals surface area contributed by atoms with Gasteiger partial charge in [0.05, 0.1) is 19.0 Å². The number of nitrogens with zero attached hydrogens (tertiary/aromatic N) is 3. The third-order valence-corrected chi connectivity index (χ3v) is 3.96. The lowest BCUT2D eigenvalue weighted by atomic mass is 10.2. The Morgan fingerprint density at radius 3 is 3.05 bits per heavy atom. The maximum Gasteiger partial charge on any atom is 0.318 e. The summed E-state index contributed by atoms with van der Waals surface area (Å²) in [5, 5.41) is 15.2. The summed E-state index contributed by atoms with van der Waals surface area (Å²) in [5.41, 5.74) is 0. The Morgan fingerprint density at radius 1 is 1.60 bits per heavy atom. The van der Waals surface area contributed by atoms with Crippen molar-refractivity contribution in [3.05, 3.63) is 11.7 Å². The van der Waals surface area contributed by atoms with Crippen molar-refractivity contribution in [2.24, 2.45) is 0 Å². The molecule has 1 atom stereocenters. The summed E-state index contributed by atoms with van der Waals surface area (Å²) in [6.45, 7) is 2.38. The Balaban J connectivity index is 1.90. The van der Waals surface area contributed by atoms with Crippen molar-refractivity contribution in [1.82, 2.24) is 20.4 Å². The molecule has 1 aromatic rings. The van der Waals surface area contributed by atoms with Crippen LogP contribution >= 0.6 is 11.8 Å². The molecule has 1 saturated heterocycles. The molecule has 0 saturated carbocycles. The summed E-state index contributed by atoms with van der Waals surface area (Å²) in [4.78, 5) is 28.5. The average Bonchev–Trinajstić information content (AvgIpc) is 2.82. The molecule has 0 aliphatic carbocycles. The molecular formula is C11H16N4O4S. The van der Waals surface area contributed by atoms with Crippen LogP contribution in [0, 0.1) is 6.92 Å². The molecule has 2 heterocycles. The molecule has 0 radical (unpaired) electrons. The minimum absolute atomic E-state index is 0.0399. The number of carbonyl (C=O) groups is 2. The van der Waals surface area contributed by atoms with Gasteiger partial charge < -0.3 is 19.8 Å². The number of amides is 2. The number of urea groups is 1. The lowest BCUT2D eigenvalue weighted by Crippen LogP contribution is -2.51. The van der Waals surface area contributed by atoms with E-state index in [1.165, 1.54) is 0 Å². The van der Waals surface area contributed by atoms with E-state index in [0.29, 0.717) is 24.0 Å². The lowest BCUT2D eigenvalue weighted by molar-refractivity contribution is -0.138. The molecule has 1 aliphatic heterocycles. The second-order valence-corrected chi connectivity index (χ2v) is 5.56. The van der Waals surface area contributed by atoms with Gasteiger partial charge in [-0.2, -0.15) is 16.7 Å². The SMILES string of the molecule is Cc1nc(CNC(=O)N2CCSCC2CC(=O)O)no1. The van der Waals surface area contributed by atoms with Gasteiger partial charge in [-0.05, 0) is 0 Å². The number of thioether (sulfide) groups is 1. The second kappa shape index (κ2) is 6.60. The number of carboxylic acid groups (broad SMARTS) is 1. The molecule has 0 aromatic carbocycles. The van der Waals surface area contributed by atoms with Gasteiger partial charge in [-0.25, -0.2) is 4.79 Å². The first-order chi connectivity index (χ1) is 9.56. The molecule has 1 fully saturated rings. The van der Waals surface area contributed by atoms with E-state index in [9.17, 15) is 9.59 Å². The normalized spacial score (nSPS) is 18.9. The van der Waals surface area contributed by atoms with Crippen molar-refractivity contribution >= 4 is 23.8 Å². The molecule has 0 spiro atoms. The van der Waals surface area contributed by atoms with Crippen LogP contribution in [0.2, 0.25) is 0 Å². The van der Waals surface area contributed by atoms with Crippen LogP contribution < -0.4 is 5.32 Å². The summed E-state index contributed by atoms with van der Waals surface area (Å²) >= 11 is 1.66. The van der Waals surface area contributed by atoms with Crippen molar-refractivity contribution < 1.29 is 19.2 Å². The van der Waals surface area contributed by atoms with Crippen molar-refractivity contribution in [2.45, 2.75) is 25.9 Å². The van der Waals surface area contributed by atoms with Gasteiger partial charge in [0.15, 0.2) is 5.82 Å². The van der Waals surface area contributed by atoms with Crippen LogP contribution in [0.3, 0.4) is 0 Å². The number of carbonyl (C=O) groups excluding carboxylic acids is 1. The van der Waals surface area contributed by atoms with E-state index in [-0.39, 0.29) is 25.0 Å². The summed E-state index contributed by atoms with van der Waals surface area (Å²) in [7, 11) is 0. The van der Waals surface area contributed by atoms with Gasteiger partial charge in [-0.1, -0.05) is 5.16 Å². The Labute approximate surface area is 119 Å². The van der Waals surface area contributed by atoms with Crippen LogP contribution in [-0.4, -0.2) is 56.2 Å². The van der Waals surface area contributed by atoms with Gasteiger partial charge in [0.1, 0.15) is 0 Å². The van der Waals surface area contributed by atoms with Gasteiger partial charge in [0.2, 0.25) is 5.89 Å². The molecule has 2 amide bonds. The van der Waals surface area contributed by atoms with Gasteiger partial charge in [-0.3, -0.25) is 4.79 Å². The van der Waals surface area contributed by atoms with E-state index in [2.05, 4.69) is 15.5 Å². The fourth-order valence-electron chi connectivity index (χ4n) is 1.96. The Bertz CT molecular complexity index is 493. The minimum atomic E-state index is -0.899. The third kappa shape index (κ3) is 3.86. The highest BCUT2D eigenvalue weighted by atomic mass is 32.2. The maximum atomic E-state index is 12.1. The highest BCUT2D eigenvalue weighted by molar-refractivity contribution is 7.99. The fourth-order valence-corrected chi connectivity index (χ4v) is 3.02. The number of hydrogen-bond acceptors (Lipinski definition) is 6. The Kier molecular flexibility index (Phi) is 4.83. The zero-order valence-corrected chi connectivity index (χ0v) is 11.9. The van der Waals surface area contributed by atoms with E-state index < -0.39 is 5.97 Å². The predicted octanol–water partition coefficient (Wildman–Crippen LogP) is 0.480. The topological polar surface area (TPSA) is 109 Å². The fraction of sp³-hybridized carbons (Fsp3) is 0.636. The van der Waals surface area contributed by atoms with Crippen LogP contribution in [0.5, 0.6) is 0 Å². The molecule has 20 heavy (non-hydrogen) atoms. The van der Waals surface area contributed by atoms with E-state index in [0.717, 1.165) is 5.75 Å². The third-order valence-electron chi connectivity index (χ3n) is 2.87. The van der Waals surface area contributed by atoms with E-state index in [1.807, 2.05) is 0 Å². The first-order valence-corrected chi connectivity index (χ1v) is 7.35.